The number of cyclic esters (lactones) is 1. The summed E-state index contributed by atoms with van der Waals surface area (Å²) in [6.07, 6.45) is 7.64. The quantitative estimate of drug-likeness (QED) is 0.712. The van der Waals surface area contributed by atoms with Crippen LogP contribution < -0.4 is 0 Å². The number of carboxylic acid groups (broad SMARTS) is 1. The van der Waals surface area contributed by atoms with Crippen molar-refractivity contribution in [1.82, 2.24) is 4.90 Å². The second-order valence-electron chi connectivity index (χ2n) is 8.57. The minimum atomic E-state index is -1.04. The van der Waals surface area contributed by atoms with E-state index in [0.29, 0.717) is 26.1 Å². The summed E-state index contributed by atoms with van der Waals surface area (Å²) in [5.74, 6) is -2.31. The maximum Gasteiger partial charge on any atom is 0.326 e. The molecule has 2 heterocycles. The van der Waals surface area contributed by atoms with E-state index in [2.05, 4.69) is 6.08 Å². The van der Waals surface area contributed by atoms with Gasteiger partial charge in [-0.1, -0.05) is 50.1 Å². The maximum atomic E-state index is 13.3. The molecular weight excluding hydrogens is 410 g/mol. The highest BCUT2D eigenvalue weighted by atomic mass is 16.5. The molecule has 0 radical (unpaired) electrons. The summed E-state index contributed by atoms with van der Waals surface area (Å²) in [4.78, 5) is 38.9. The molecule has 7 heteroatoms. The molecule has 2 aliphatic rings. The third-order valence-corrected chi connectivity index (χ3v) is 6.02. The van der Waals surface area contributed by atoms with E-state index in [4.69, 9.17) is 9.47 Å². The summed E-state index contributed by atoms with van der Waals surface area (Å²) in [6, 6.07) is 7.03. The molecule has 1 amide bonds. The molecule has 32 heavy (non-hydrogen) atoms. The van der Waals surface area contributed by atoms with Crippen molar-refractivity contribution in [1.29, 1.82) is 0 Å². The molecular formula is C25H33NO6. The minimum absolute atomic E-state index is 0.0202. The first-order valence-corrected chi connectivity index (χ1v) is 11.5. The molecule has 0 saturated carbocycles. The number of nitrogens with zero attached hydrogens (tertiary/aromatic N) is 1. The third-order valence-electron chi connectivity index (χ3n) is 6.02. The highest BCUT2D eigenvalue weighted by Crippen LogP contribution is 2.27. The molecule has 0 aromatic heterocycles. The zero-order valence-electron chi connectivity index (χ0n) is 18.7. The van der Waals surface area contributed by atoms with Crippen LogP contribution >= 0.6 is 0 Å². The number of hydrogen-bond donors (Lipinski definition) is 1. The molecule has 1 N–H and O–H groups in total. The summed E-state index contributed by atoms with van der Waals surface area (Å²) in [7, 11) is 0. The summed E-state index contributed by atoms with van der Waals surface area (Å²) in [6.45, 7) is 2.89. The topological polar surface area (TPSA) is 93.1 Å². The van der Waals surface area contributed by atoms with Crippen molar-refractivity contribution < 1.29 is 29.0 Å². The van der Waals surface area contributed by atoms with Crippen molar-refractivity contribution in [2.45, 2.75) is 70.6 Å². The van der Waals surface area contributed by atoms with Crippen LogP contribution in [0.15, 0.2) is 30.3 Å². The second-order valence-corrected chi connectivity index (χ2v) is 8.57. The highest BCUT2D eigenvalue weighted by molar-refractivity contribution is 5.88. The van der Waals surface area contributed by atoms with Gasteiger partial charge in [-0.25, -0.2) is 4.79 Å². The van der Waals surface area contributed by atoms with E-state index in [1.54, 1.807) is 0 Å². The van der Waals surface area contributed by atoms with Crippen LogP contribution in [0.2, 0.25) is 0 Å². The Morgan fingerprint density at radius 1 is 1.28 bits per heavy atom. The Kier molecular flexibility index (Phi) is 8.85. The van der Waals surface area contributed by atoms with Crippen LogP contribution in [-0.2, 0) is 30.5 Å². The SMILES string of the molecule is CCCC[C@@H]1CC(=O)OCCC/C=C/c2cccc(c2)CO[C@@H]2C[C@@H](C(=O)O)N(C2)C1=O. The lowest BCUT2D eigenvalue weighted by Crippen LogP contribution is -2.44. The van der Waals surface area contributed by atoms with Crippen molar-refractivity contribution >= 4 is 23.9 Å². The Bertz CT molecular complexity index is 835. The van der Waals surface area contributed by atoms with Crippen LogP contribution in [0, 0.1) is 5.92 Å². The second kappa shape index (κ2) is 11.8. The zero-order chi connectivity index (χ0) is 22.9. The van der Waals surface area contributed by atoms with E-state index < -0.39 is 23.9 Å². The van der Waals surface area contributed by atoms with E-state index >= 15 is 0 Å². The first-order chi connectivity index (χ1) is 15.5. The Balaban J connectivity index is 1.81. The summed E-state index contributed by atoms with van der Waals surface area (Å²) in [5.41, 5.74) is 2.05. The lowest BCUT2D eigenvalue weighted by Gasteiger charge is -2.26. The van der Waals surface area contributed by atoms with Gasteiger partial charge in [0.2, 0.25) is 5.91 Å². The molecule has 1 aromatic rings. The number of carbonyl (C=O) groups excluding carboxylic acids is 2. The van der Waals surface area contributed by atoms with Gasteiger partial charge in [0.25, 0.3) is 0 Å². The lowest BCUT2D eigenvalue weighted by atomic mass is 9.96. The summed E-state index contributed by atoms with van der Waals surface area (Å²) >= 11 is 0. The molecule has 2 aliphatic heterocycles. The molecule has 3 atom stereocenters. The fraction of sp³-hybridized carbons (Fsp3) is 0.560. The molecule has 4 bridgehead atoms. The van der Waals surface area contributed by atoms with E-state index in [-0.39, 0.29) is 31.4 Å². The number of allylic oxidation sites excluding steroid dienone is 1. The van der Waals surface area contributed by atoms with Crippen molar-refractivity contribution in [3.8, 4) is 0 Å². The predicted molar refractivity (Wildman–Crippen MR) is 120 cm³/mol. The van der Waals surface area contributed by atoms with Gasteiger partial charge in [0.05, 0.1) is 25.7 Å². The van der Waals surface area contributed by atoms with Crippen LogP contribution in [0.5, 0.6) is 0 Å². The molecule has 174 valence electrons. The molecule has 7 nitrogen and oxygen atoms in total. The zero-order valence-corrected chi connectivity index (χ0v) is 18.7. The minimum Gasteiger partial charge on any atom is -0.480 e. The molecule has 0 unspecified atom stereocenters. The van der Waals surface area contributed by atoms with Crippen LogP contribution in [0.25, 0.3) is 6.08 Å². The average Bonchev–Trinajstić information content (AvgIpc) is 3.21. The van der Waals surface area contributed by atoms with Gasteiger partial charge < -0.3 is 19.5 Å². The van der Waals surface area contributed by atoms with Gasteiger partial charge in [-0.05, 0) is 36.5 Å². The lowest BCUT2D eigenvalue weighted by molar-refractivity contribution is -0.153. The molecule has 1 saturated heterocycles. The number of aliphatic carboxylic acids is 1. The largest absolute Gasteiger partial charge is 0.480 e. The number of esters is 1. The van der Waals surface area contributed by atoms with Crippen molar-refractivity contribution in [3.05, 3.63) is 41.5 Å². The number of rotatable bonds is 4. The van der Waals surface area contributed by atoms with Crippen LogP contribution in [0.4, 0.5) is 0 Å². The number of benzene rings is 1. The van der Waals surface area contributed by atoms with E-state index in [0.717, 1.165) is 30.4 Å². The first-order valence-electron chi connectivity index (χ1n) is 11.5. The van der Waals surface area contributed by atoms with E-state index in [1.807, 2.05) is 37.3 Å². The van der Waals surface area contributed by atoms with Gasteiger partial charge in [0, 0.05) is 18.9 Å². The fourth-order valence-electron chi connectivity index (χ4n) is 4.26. The van der Waals surface area contributed by atoms with E-state index in [9.17, 15) is 19.5 Å². The van der Waals surface area contributed by atoms with Crippen LogP contribution in [0.1, 0.15) is 63.0 Å². The molecule has 0 aliphatic carbocycles. The maximum absolute atomic E-state index is 13.3. The Labute approximate surface area is 189 Å². The van der Waals surface area contributed by atoms with Gasteiger partial charge >= 0.3 is 11.9 Å². The summed E-state index contributed by atoms with van der Waals surface area (Å²) in [5, 5.41) is 9.72. The number of ether oxygens (including phenoxy) is 2. The van der Waals surface area contributed by atoms with Gasteiger partial charge in [0.15, 0.2) is 0 Å². The smallest absolute Gasteiger partial charge is 0.326 e. The molecule has 1 fully saturated rings. The Morgan fingerprint density at radius 3 is 2.91 bits per heavy atom. The van der Waals surface area contributed by atoms with Gasteiger partial charge in [-0.15, -0.1) is 0 Å². The molecule has 3 rings (SSSR count). The fourth-order valence-corrected chi connectivity index (χ4v) is 4.26. The number of carboxylic acids is 1. The van der Waals surface area contributed by atoms with Gasteiger partial charge in [-0.2, -0.15) is 0 Å². The highest BCUT2D eigenvalue weighted by Gasteiger charge is 2.42. The monoisotopic (exact) mass is 443 g/mol. The van der Waals surface area contributed by atoms with Crippen molar-refractivity contribution in [2.75, 3.05) is 13.2 Å². The molecule has 0 spiro atoms. The number of hydrogen-bond acceptors (Lipinski definition) is 5. The van der Waals surface area contributed by atoms with Crippen molar-refractivity contribution in [3.63, 3.8) is 0 Å². The van der Waals surface area contributed by atoms with Gasteiger partial charge in [0.1, 0.15) is 6.04 Å². The standard InChI is InChI=1S/C25H33NO6/c1-2-3-11-20-14-23(27)31-12-6-4-5-8-18-9-7-10-19(13-18)17-32-21-15-22(25(29)30)26(16-21)24(20)28/h5,7-10,13,20-22H,2-4,6,11-12,14-17H2,1H3,(H,29,30)/b8-5+/t20-,21-,22+/m1/s1. The number of amides is 1. The normalized spacial score (nSPS) is 26.2. The first kappa shape index (κ1) is 24.0. The number of fused-ring (bicyclic) bond motifs is 4. The Morgan fingerprint density at radius 2 is 2.12 bits per heavy atom. The van der Waals surface area contributed by atoms with Crippen LogP contribution in [0.3, 0.4) is 0 Å². The number of carbonyl (C=O) groups is 3. The average molecular weight is 444 g/mol. The predicted octanol–water partition coefficient (Wildman–Crippen LogP) is 3.80. The van der Waals surface area contributed by atoms with Gasteiger partial charge in [-0.3, -0.25) is 9.59 Å². The third kappa shape index (κ3) is 6.66. The van der Waals surface area contributed by atoms with Crippen LogP contribution in [-0.4, -0.2) is 53.1 Å². The Hall–Kier alpha value is -2.67. The molecule has 1 aromatic carbocycles. The van der Waals surface area contributed by atoms with Crippen molar-refractivity contribution in [2.24, 2.45) is 5.92 Å². The summed E-state index contributed by atoms with van der Waals surface area (Å²) < 4.78 is 11.4. The number of unbranched alkanes of at least 4 members (excludes halogenated alkanes) is 1. The van der Waals surface area contributed by atoms with E-state index in [1.165, 1.54) is 4.90 Å².